The quantitative estimate of drug-likeness (QED) is 0.739. The molecule has 0 radical (unpaired) electrons. The molecule has 0 unspecified atom stereocenters. The van der Waals surface area contributed by atoms with Crippen LogP contribution < -0.4 is 0 Å². The first kappa shape index (κ1) is 10.1. The van der Waals surface area contributed by atoms with E-state index in [1.54, 1.807) is 11.8 Å². The lowest BCUT2D eigenvalue weighted by molar-refractivity contribution is 0.0695. The van der Waals surface area contributed by atoms with E-state index in [0.29, 0.717) is 5.56 Å². The van der Waals surface area contributed by atoms with Gasteiger partial charge in [0.05, 0.1) is 5.56 Å². The smallest absolute Gasteiger partial charge is 0.336 e. The Kier molecular flexibility index (Phi) is 2.98. The molecule has 0 amide bonds. The van der Waals surface area contributed by atoms with Crippen molar-refractivity contribution in [2.24, 2.45) is 0 Å². The highest BCUT2D eigenvalue weighted by Crippen LogP contribution is 2.22. The summed E-state index contributed by atoms with van der Waals surface area (Å²) in [5.41, 5.74) is 2.09. The van der Waals surface area contributed by atoms with Gasteiger partial charge in [0, 0.05) is 4.90 Å². The number of benzene rings is 1. The first-order chi connectivity index (χ1) is 6.06. The van der Waals surface area contributed by atoms with Gasteiger partial charge in [0.25, 0.3) is 0 Å². The summed E-state index contributed by atoms with van der Waals surface area (Å²) in [6, 6.07) is 3.81. The fraction of sp³-hybridized carbons (Fsp3) is 0.300. The molecular formula is C10H12O2S. The third-order valence-electron chi connectivity index (χ3n) is 1.96. The van der Waals surface area contributed by atoms with E-state index in [2.05, 4.69) is 0 Å². The minimum absolute atomic E-state index is 0.429. The number of carboxylic acids is 1. The van der Waals surface area contributed by atoms with Crippen LogP contribution in [0.25, 0.3) is 0 Å². The van der Waals surface area contributed by atoms with E-state index in [0.717, 1.165) is 16.0 Å². The Hall–Kier alpha value is -0.960. The van der Waals surface area contributed by atoms with Gasteiger partial charge in [-0.3, -0.25) is 0 Å². The fourth-order valence-corrected chi connectivity index (χ4v) is 1.97. The normalized spacial score (nSPS) is 10.1. The Morgan fingerprint density at radius 2 is 1.77 bits per heavy atom. The summed E-state index contributed by atoms with van der Waals surface area (Å²) < 4.78 is 0. The number of thioether (sulfide) groups is 1. The van der Waals surface area contributed by atoms with Crippen LogP contribution in [-0.4, -0.2) is 17.3 Å². The summed E-state index contributed by atoms with van der Waals surface area (Å²) in [6.45, 7) is 3.66. The van der Waals surface area contributed by atoms with E-state index in [1.165, 1.54) is 0 Å². The molecule has 0 aliphatic rings. The molecule has 2 nitrogen and oxygen atoms in total. The second-order valence-electron chi connectivity index (χ2n) is 2.94. The maximum atomic E-state index is 10.8. The molecule has 0 heterocycles. The van der Waals surface area contributed by atoms with Gasteiger partial charge in [-0.25, -0.2) is 4.79 Å². The number of carboxylic acid groups (broad SMARTS) is 1. The van der Waals surface area contributed by atoms with Crippen molar-refractivity contribution in [1.82, 2.24) is 0 Å². The molecule has 13 heavy (non-hydrogen) atoms. The summed E-state index contributed by atoms with van der Waals surface area (Å²) in [5, 5.41) is 8.90. The number of hydrogen-bond donors (Lipinski definition) is 1. The lowest BCUT2D eigenvalue weighted by Crippen LogP contribution is -2.02. The number of carbonyl (C=O) groups is 1. The van der Waals surface area contributed by atoms with E-state index >= 15 is 0 Å². The Morgan fingerprint density at radius 3 is 2.08 bits per heavy atom. The molecule has 0 aromatic heterocycles. The van der Waals surface area contributed by atoms with Gasteiger partial charge in [-0.2, -0.15) is 0 Å². The SMILES string of the molecule is CSc1cc(C)c(C(=O)O)c(C)c1. The van der Waals surface area contributed by atoms with E-state index in [-0.39, 0.29) is 0 Å². The van der Waals surface area contributed by atoms with Gasteiger partial charge in [0.2, 0.25) is 0 Å². The van der Waals surface area contributed by atoms with Crippen LogP contribution in [0.1, 0.15) is 21.5 Å². The Labute approximate surface area is 82.0 Å². The van der Waals surface area contributed by atoms with Crippen LogP contribution in [0.4, 0.5) is 0 Å². The minimum atomic E-state index is -0.845. The average Bonchev–Trinajstić information content (AvgIpc) is 2.02. The highest BCUT2D eigenvalue weighted by molar-refractivity contribution is 7.98. The van der Waals surface area contributed by atoms with Crippen LogP contribution in [0.2, 0.25) is 0 Å². The molecule has 0 spiro atoms. The molecule has 1 rings (SSSR count). The molecule has 0 atom stereocenters. The maximum Gasteiger partial charge on any atom is 0.336 e. The molecular weight excluding hydrogens is 184 g/mol. The second-order valence-corrected chi connectivity index (χ2v) is 3.82. The predicted molar refractivity (Wildman–Crippen MR) is 54.7 cm³/mol. The topological polar surface area (TPSA) is 37.3 Å². The first-order valence-corrected chi connectivity index (χ1v) is 5.17. The zero-order valence-corrected chi connectivity index (χ0v) is 8.73. The fourth-order valence-electron chi connectivity index (χ4n) is 1.38. The second kappa shape index (κ2) is 3.83. The van der Waals surface area contributed by atoms with Crippen LogP contribution >= 0.6 is 11.8 Å². The molecule has 0 bridgehead atoms. The molecule has 1 aromatic rings. The average molecular weight is 196 g/mol. The van der Waals surface area contributed by atoms with Gasteiger partial charge >= 0.3 is 5.97 Å². The van der Waals surface area contributed by atoms with Crippen LogP contribution in [0.5, 0.6) is 0 Å². The molecule has 0 saturated carbocycles. The van der Waals surface area contributed by atoms with E-state index in [1.807, 2.05) is 32.2 Å². The summed E-state index contributed by atoms with van der Waals surface area (Å²) in [7, 11) is 0. The molecule has 1 aromatic carbocycles. The maximum absolute atomic E-state index is 10.8. The monoisotopic (exact) mass is 196 g/mol. The van der Waals surface area contributed by atoms with Gasteiger partial charge < -0.3 is 5.11 Å². The third kappa shape index (κ3) is 2.04. The zero-order valence-electron chi connectivity index (χ0n) is 7.92. The molecule has 70 valence electrons. The van der Waals surface area contributed by atoms with Gasteiger partial charge in [-0.05, 0) is 43.4 Å². The van der Waals surface area contributed by atoms with Gasteiger partial charge in [-0.15, -0.1) is 11.8 Å². The largest absolute Gasteiger partial charge is 0.478 e. The number of rotatable bonds is 2. The highest BCUT2D eigenvalue weighted by Gasteiger charge is 2.11. The third-order valence-corrected chi connectivity index (χ3v) is 2.66. The lowest BCUT2D eigenvalue weighted by atomic mass is 10.0. The van der Waals surface area contributed by atoms with E-state index < -0.39 is 5.97 Å². The zero-order chi connectivity index (χ0) is 10.0. The molecule has 0 fully saturated rings. The van der Waals surface area contributed by atoms with Gasteiger partial charge in [0.1, 0.15) is 0 Å². The Morgan fingerprint density at radius 1 is 1.31 bits per heavy atom. The van der Waals surface area contributed by atoms with Crippen molar-refractivity contribution in [1.29, 1.82) is 0 Å². The van der Waals surface area contributed by atoms with Crippen molar-refractivity contribution in [2.45, 2.75) is 18.7 Å². The lowest BCUT2D eigenvalue weighted by Gasteiger charge is -2.07. The number of aromatic carboxylic acids is 1. The number of aryl methyl sites for hydroxylation is 2. The minimum Gasteiger partial charge on any atom is -0.478 e. The summed E-state index contributed by atoms with van der Waals surface area (Å²) >= 11 is 1.62. The van der Waals surface area contributed by atoms with Crippen LogP contribution in [0, 0.1) is 13.8 Å². The van der Waals surface area contributed by atoms with Crippen molar-refractivity contribution in [3.8, 4) is 0 Å². The van der Waals surface area contributed by atoms with Crippen LogP contribution in [0.3, 0.4) is 0 Å². The van der Waals surface area contributed by atoms with E-state index in [4.69, 9.17) is 5.11 Å². The highest BCUT2D eigenvalue weighted by atomic mass is 32.2. The van der Waals surface area contributed by atoms with E-state index in [9.17, 15) is 4.79 Å². The number of hydrogen-bond acceptors (Lipinski definition) is 2. The van der Waals surface area contributed by atoms with Crippen LogP contribution in [0.15, 0.2) is 17.0 Å². The molecule has 0 aliphatic carbocycles. The summed E-state index contributed by atoms with van der Waals surface area (Å²) in [5.74, 6) is -0.845. The standard InChI is InChI=1S/C10H12O2S/c1-6-4-8(13-3)5-7(2)9(6)10(11)12/h4-5H,1-3H3,(H,11,12). The summed E-state index contributed by atoms with van der Waals surface area (Å²) in [6.07, 6.45) is 1.98. The summed E-state index contributed by atoms with van der Waals surface area (Å²) in [4.78, 5) is 11.9. The van der Waals surface area contributed by atoms with Crippen molar-refractivity contribution >= 4 is 17.7 Å². The van der Waals surface area contributed by atoms with Crippen molar-refractivity contribution in [3.63, 3.8) is 0 Å². The van der Waals surface area contributed by atoms with Crippen molar-refractivity contribution in [2.75, 3.05) is 6.26 Å². The Bertz CT molecular complexity index is 322. The van der Waals surface area contributed by atoms with Gasteiger partial charge in [0.15, 0.2) is 0 Å². The Balaban J connectivity index is 3.31. The molecule has 0 aliphatic heterocycles. The molecule has 1 N–H and O–H groups in total. The molecule has 3 heteroatoms. The van der Waals surface area contributed by atoms with Crippen molar-refractivity contribution in [3.05, 3.63) is 28.8 Å². The molecule has 0 saturated heterocycles. The predicted octanol–water partition coefficient (Wildman–Crippen LogP) is 2.72. The van der Waals surface area contributed by atoms with Gasteiger partial charge in [-0.1, -0.05) is 0 Å². The van der Waals surface area contributed by atoms with Crippen molar-refractivity contribution < 1.29 is 9.90 Å². The first-order valence-electron chi connectivity index (χ1n) is 3.94. The van der Waals surface area contributed by atoms with Crippen LogP contribution in [-0.2, 0) is 0 Å².